The number of rotatable bonds is 5. The van der Waals surface area contributed by atoms with E-state index in [9.17, 15) is 36.2 Å². The summed E-state index contributed by atoms with van der Waals surface area (Å²) in [7, 11) is 0. The highest BCUT2D eigenvalue weighted by Gasteiger charge is 2.48. The van der Waals surface area contributed by atoms with Crippen molar-refractivity contribution in [2.24, 2.45) is 0 Å². The van der Waals surface area contributed by atoms with Gasteiger partial charge in [0, 0.05) is 11.8 Å². The lowest BCUT2D eigenvalue weighted by atomic mass is 9.77. The quantitative estimate of drug-likeness (QED) is 0.496. The second-order valence-electron chi connectivity index (χ2n) is 7.52. The number of nitrogens with one attached hydrogen (secondary N) is 1. The number of carbonyl (C=O) groups excluding carboxylic acids is 1. The second-order valence-corrected chi connectivity index (χ2v) is 8.55. The van der Waals surface area contributed by atoms with Gasteiger partial charge in [-0.3, -0.25) is 9.78 Å². The number of anilines is 1. The van der Waals surface area contributed by atoms with Gasteiger partial charge in [-0.2, -0.15) is 26.3 Å². The van der Waals surface area contributed by atoms with Gasteiger partial charge in [-0.05, 0) is 22.8 Å². The molecule has 0 spiro atoms. The standard InChI is InChI=1S/C21H15F6N3O3S/c22-20(23,24)15-5-12(8-31)14(6-28-15)11-1-3-13(4-2-11)19(9-33-10-19)17(32)30-18-29-7-16(34-18)21(25,26)27/h1-7,31H,8-10H2,(H,29,30,32). The van der Waals surface area contributed by atoms with Crippen molar-refractivity contribution in [3.8, 4) is 11.1 Å². The molecule has 1 fully saturated rings. The minimum atomic E-state index is -4.66. The Morgan fingerprint density at radius 3 is 2.24 bits per heavy atom. The fraction of sp³-hybridized carbons (Fsp3) is 0.286. The van der Waals surface area contributed by atoms with Gasteiger partial charge in [-0.1, -0.05) is 35.6 Å². The SMILES string of the molecule is O=C(Nc1ncc(C(F)(F)F)s1)C1(c2ccc(-c3cnc(C(F)(F)F)cc3CO)cc2)COC1. The van der Waals surface area contributed by atoms with Crippen LogP contribution in [0.2, 0.25) is 0 Å². The summed E-state index contributed by atoms with van der Waals surface area (Å²) in [5, 5.41) is 11.7. The van der Waals surface area contributed by atoms with Crippen LogP contribution >= 0.6 is 11.3 Å². The Morgan fingerprint density at radius 1 is 1.06 bits per heavy atom. The minimum absolute atomic E-state index is 0.0145. The number of benzene rings is 1. The van der Waals surface area contributed by atoms with Gasteiger partial charge in [0.25, 0.3) is 0 Å². The molecule has 1 aromatic carbocycles. The van der Waals surface area contributed by atoms with E-state index in [2.05, 4.69) is 15.3 Å². The van der Waals surface area contributed by atoms with Crippen molar-refractivity contribution in [3.05, 3.63) is 64.4 Å². The molecular weight excluding hydrogens is 488 g/mol. The van der Waals surface area contributed by atoms with Crippen LogP contribution in [0.5, 0.6) is 0 Å². The van der Waals surface area contributed by atoms with Gasteiger partial charge in [-0.15, -0.1) is 0 Å². The Hall–Kier alpha value is -3.03. The highest BCUT2D eigenvalue weighted by atomic mass is 32.1. The Kier molecular flexibility index (Phi) is 6.12. The molecule has 3 aromatic rings. The van der Waals surface area contributed by atoms with E-state index in [4.69, 9.17) is 4.74 Å². The number of pyridine rings is 1. The number of ether oxygens (including phenoxy) is 1. The number of carbonyl (C=O) groups is 1. The van der Waals surface area contributed by atoms with Crippen molar-refractivity contribution in [2.45, 2.75) is 24.4 Å². The van der Waals surface area contributed by atoms with E-state index in [1.807, 2.05) is 0 Å². The molecule has 0 aliphatic carbocycles. The Morgan fingerprint density at radius 2 is 1.74 bits per heavy atom. The number of hydrogen-bond donors (Lipinski definition) is 2. The lowest BCUT2D eigenvalue weighted by Crippen LogP contribution is -2.55. The first-order valence-electron chi connectivity index (χ1n) is 9.64. The average Bonchev–Trinajstić information content (AvgIpc) is 3.21. The molecule has 0 bridgehead atoms. The van der Waals surface area contributed by atoms with Crippen LogP contribution in [-0.4, -0.2) is 34.2 Å². The number of halogens is 6. The second kappa shape index (κ2) is 8.64. The number of aromatic nitrogens is 2. The van der Waals surface area contributed by atoms with Crippen molar-refractivity contribution < 1.29 is 41.0 Å². The molecule has 1 saturated heterocycles. The summed E-state index contributed by atoms with van der Waals surface area (Å²) < 4.78 is 82.3. The monoisotopic (exact) mass is 503 g/mol. The predicted octanol–water partition coefficient (Wildman–Crippen LogP) is 4.64. The number of thiazole rings is 1. The van der Waals surface area contributed by atoms with E-state index >= 15 is 0 Å². The Balaban J connectivity index is 1.58. The molecular formula is C21H15F6N3O3S. The van der Waals surface area contributed by atoms with E-state index in [1.165, 1.54) is 0 Å². The zero-order valence-electron chi connectivity index (χ0n) is 17.0. The molecule has 1 amide bonds. The molecule has 3 heterocycles. The molecule has 2 aromatic heterocycles. The summed E-state index contributed by atoms with van der Waals surface area (Å²) in [4.78, 5) is 19.0. The fourth-order valence-electron chi connectivity index (χ4n) is 3.43. The summed E-state index contributed by atoms with van der Waals surface area (Å²) in [5.41, 5.74) is -1.03. The van der Waals surface area contributed by atoms with Gasteiger partial charge in [0.2, 0.25) is 5.91 Å². The number of hydrogen-bond acceptors (Lipinski definition) is 6. The average molecular weight is 503 g/mol. The lowest BCUT2D eigenvalue weighted by molar-refractivity contribution is -0.141. The number of aliphatic hydroxyl groups is 1. The van der Waals surface area contributed by atoms with Crippen molar-refractivity contribution >= 4 is 22.4 Å². The van der Waals surface area contributed by atoms with E-state index in [-0.39, 0.29) is 29.5 Å². The first-order chi connectivity index (χ1) is 15.9. The molecule has 0 atom stereocenters. The van der Waals surface area contributed by atoms with E-state index in [0.29, 0.717) is 28.7 Å². The number of amides is 1. The highest BCUT2D eigenvalue weighted by Crippen LogP contribution is 2.38. The van der Waals surface area contributed by atoms with Crippen LogP contribution in [-0.2, 0) is 33.9 Å². The molecule has 2 N–H and O–H groups in total. The molecule has 1 aliphatic rings. The summed E-state index contributed by atoms with van der Waals surface area (Å²) in [5.74, 6) is -0.596. The largest absolute Gasteiger partial charge is 0.433 e. The maximum atomic E-state index is 12.9. The zero-order chi connectivity index (χ0) is 24.7. The maximum Gasteiger partial charge on any atom is 0.433 e. The first kappa shape index (κ1) is 24.1. The number of aliphatic hydroxyl groups excluding tert-OH is 1. The molecule has 1 aliphatic heterocycles. The van der Waals surface area contributed by atoms with Crippen molar-refractivity contribution in [1.29, 1.82) is 0 Å². The van der Waals surface area contributed by atoms with Crippen molar-refractivity contribution in [2.75, 3.05) is 18.5 Å². The lowest BCUT2D eigenvalue weighted by Gasteiger charge is -2.40. The third-order valence-corrected chi connectivity index (χ3v) is 6.29. The van der Waals surface area contributed by atoms with Gasteiger partial charge < -0.3 is 15.2 Å². The van der Waals surface area contributed by atoms with Gasteiger partial charge in [0.1, 0.15) is 16.0 Å². The van der Waals surface area contributed by atoms with Gasteiger partial charge in [0.15, 0.2) is 5.13 Å². The van der Waals surface area contributed by atoms with E-state index in [0.717, 1.165) is 12.3 Å². The number of alkyl halides is 6. The first-order valence-corrected chi connectivity index (χ1v) is 10.5. The summed E-state index contributed by atoms with van der Waals surface area (Å²) >= 11 is 0.301. The topological polar surface area (TPSA) is 84.3 Å². The molecule has 0 unspecified atom stereocenters. The fourth-order valence-corrected chi connectivity index (χ4v) is 4.10. The van der Waals surface area contributed by atoms with Crippen LogP contribution in [0.25, 0.3) is 11.1 Å². The van der Waals surface area contributed by atoms with Crippen LogP contribution < -0.4 is 5.32 Å². The third kappa shape index (κ3) is 4.50. The van der Waals surface area contributed by atoms with Gasteiger partial charge in [0.05, 0.1) is 26.0 Å². The van der Waals surface area contributed by atoms with E-state index < -0.39 is 40.9 Å². The molecule has 0 radical (unpaired) electrons. The molecule has 34 heavy (non-hydrogen) atoms. The minimum Gasteiger partial charge on any atom is -0.392 e. The number of nitrogens with zero attached hydrogens (tertiary/aromatic N) is 2. The Labute approximate surface area is 192 Å². The maximum absolute atomic E-state index is 12.9. The molecule has 180 valence electrons. The smallest absolute Gasteiger partial charge is 0.392 e. The highest BCUT2D eigenvalue weighted by molar-refractivity contribution is 7.15. The summed E-state index contributed by atoms with van der Waals surface area (Å²) in [6.45, 7) is -0.671. The molecule has 13 heteroatoms. The van der Waals surface area contributed by atoms with Gasteiger partial charge >= 0.3 is 12.4 Å². The summed E-state index contributed by atoms with van der Waals surface area (Å²) in [6.07, 6.45) is -7.59. The predicted molar refractivity (Wildman–Crippen MR) is 109 cm³/mol. The Bertz CT molecular complexity index is 1200. The molecule has 0 saturated carbocycles. The zero-order valence-corrected chi connectivity index (χ0v) is 17.8. The van der Waals surface area contributed by atoms with Crippen molar-refractivity contribution in [1.82, 2.24) is 9.97 Å². The molecule has 4 rings (SSSR count). The molecule has 6 nitrogen and oxygen atoms in total. The third-order valence-electron chi connectivity index (χ3n) is 5.34. The van der Waals surface area contributed by atoms with Crippen LogP contribution in [0.15, 0.2) is 42.7 Å². The normalized spacial score (nSPS) is 15.6. The van der Waals surface area contributed by atoms with Gasteiger partial charge in [-0.25, -0.2) is 4.98 Å². The van der Waals surface area contributed by atoms with Crippen LogP contribution in [0.1, 0.15) is 21.7 Å². The van der Waals surface area contributed by atoms with Crippen LogP contribution in [0.3, 0.4) is 0 Å². The van der Waals surface area contributed by atoms with Crippen LogP contribution in [0, 0.1) is 0 Å². The van der Waals surface area contributed by atoms with Crippen molar-refractivity contribution in [3.63, 3.8) is 0 Å². The summed E-state index contributed by atoms with van der Waals surface area (Å²) in [6, 6.07) is 7.01. The van der Waals surface area contributed by atoms with E-state index in [1.54, 1.807) is 24.3 Å². The van der Waals surface area contributed by atoms with Crippen LogP contribution in [0.4, 0.5) is 31.5 Å².